The predicted octanol–water partition coefficient (Wildman–Crippen LogP) is 0.449. The number of hydrogen-bond donors (Lipinski definition) is 2. The Morgan fingerprint density at radius 3 is 2.39 bits per heavy atom. The summed E-state index contributed by atoms with van der Waals surface area (Å²) in [5.41, 5.74) is 5.45. The molecule has 130 valence electrons. The van der Waals surface area contributed by atoms with Gasteiger partial charge >= 0.3 is 0 Å². The van der Waals surface area contributed by atoms with Gasteiger partial charge in [-0.2, -0.15) is 4.31 Å². The van der Waals surface area contributed by atoms with Crippen LogP contribution in [0, 0.1) is 0 Å². The van der Waals surface area contributed by atoms with Crippen LogP contribution < -0.4 is 11.1 Å². The van der Waals surface area contributed by atoms with Gasteiger partial charge in [0.05, 0.1) is 0 Å². The van der Waals surface area contributed by atoms with Crippen molar-refractivity contribution in [3.8, 4) is 0 Å². The van der Waals surface area contributed by atoms with Gasteiger partial charge < -0.3 is 15.6 Å². The van der Waals surface area contributed by atoms with Crippen LogP contribution in [0.25, 0.3) is 0 Å². The number of primary amides is 1. The number of nitrogens with two attached hydrogens (primary N) is 1. The summed E-state index contributed by atoms with van der Waals surface area (Å²) in [4.78, 5) is 11.4. The number of sulfonamides is 1. The van der Waals surface area contributed by atoms with Crippen molar-refractivity contribution in [1.82, 2.24) is 14.2 Å². The van der Waals surface area contributed by atoms with Crippen LogP contribution >= 0.6 is 12.4 Å². The minimum absolute atomic E-state index is 0. The number of aryl methyl sites for hydroxylation is 1. The van der Waals surface area contributed by atoms with Gasteiger partial charge in [-0.3, -0.25) is 4.79 Å². The van der Waals surface area contributed by atoms with Gasteiger partial charge in [0.1, 0.15) is 10.6 Å². The zero-order valence-corrected chi connectivity index (χ0v) is 14.9. The van der Waals surface area contributed by atoms with Gasteiger partial charge in [-0.25, -0.2) is 8.42 Å². The molecule has 2 fully saturated rings. The lowest BCUT2D eigenvalue weighted by molar-refractivity contribution is 0.0992. The SMILES string of the molecule is CN(C1CC2CCC(C1)N2)S(=O)(=O)c1cc(C(N)=O)n(C)c1.Cl. The highest BCUT2D eigenvalue weighted by atomic mass is 35.5. The highest BCUT2D eigenvalue weighted by Crippen LogP contribution is 2.31. The van der Waals surface area contributed by atoms with Crippen LogP contribution in [0.2, 0.25) is 0 Å². The second-order valence-electron chi connectivity index (χ2n) is 6.32. The first kappa shape index (κ1) is 18.3. The Morgan fingerprint density at radius 2 is 1.91 bits per heavy atom. The van der Waals surface area contributed by atoms with Crippen LogP contribution in [-0.4, -0.2) is 48.4 Å². The normalized spacial score (nSPS) is 27.0. The minimum Gasteiger partial charge on any atom is -0.364 e. The summed E-state index contributed by atoms with van der Waals surface area (Å²) in [6.45, 7) is 0. The fourth-order valence-corrected chi connectivity index (χ4v) is 5.06. The van der Waals surface area contributed by atoms with Crippen molar-refractivity contribution in [2.45, 2.75) is 48.7 Å². The summed E-state index contributed by atoms with van der Waals surface area (Å²) in [6, 6.07) is 2.18. The molecule has 3 rings (SSSR count). The molecule has 0 radical (unpaired) electrons. The standard InChI is InChI=1S/C14H22N4O3S.ClH/c1-17-8-12(7-13(17)14(15)19)22(20,21)18(2)11-5-9-3-4-10(6-11)16-9;/h7-11,16H,3-6H2,1-2H3,(H2,15,19);1H. The molecule has 0 aliphatic carbocycles. The van der Waals surface area contributed by atoms with E-state index >= 15 is 0 Å². The number of carbonyl (C=O) groups is 1. The molecule has 2 aliphatic rings. The second-order valence-corrected chi connectivity index (χ2v) is 8.32. The van der Waals surface area contributed by atoms with Crippen LogP contribution in [0.4, 0.5) is 0 Å². The molecule has 1 aromatic rings. The molecule has 0 aromatic carbocycles. The molecule has 2 unspecified atom stereocenters. The number of aromatic nitrogens is 1. The largest absolute Gasteiger partial charge is 0.364 e. The van der Waals surface area contributed by atoms with Crippen molar-refractivity contribution in [3.05, 3.63) is 18.0 Å². The van der Waals surface area contributed by atoms with E-state index in [9.17, 15) is 13.2 Å². The maximum atomic E-state index is 12.8. The lowest BCUT2D eigenvalue weighted by Crippen LogP contribution is -2.48. The van der Waals surface area contributed by atoms with E-state index in [4.69, 9.17) is 5.73 Å². The molecule has 23 heavy (non-hydrogen) atoms. The van der Waals surface area contributed by atoms with E-state index in [1.54, 1.807) is 14.1 Å². The molecule has 2 atom stereocenters. The summed E-state index contributed by atoms with van der Waals surface area (Å²) in [5.74, 6) is -0.633. The van der Waals surface area contributed by atoms with E-state index in [2.05, 4.69) is 5.32 Å². The third-order valence-electron chi connectivity index (χ3n) is 4.87. The molecule has 3 N–H and O–H groups in total. The molecule has 9 heteroatoms. The van der Waals surface area contributed by atoms with Gasteiger partial charge in [-0.05, 0) is 31.7 Å². The number of carbonyl (C=O) groups excluding carboxylic acids is 1. The zero-order valence-electron chi connectivity index (χ0n) is 13.2. The minimum atomic E-state index is -3.62. The summed E-state index contributed by atoms with van der Waals surface area (Å²) in [6.07, 6.45) is 5.35. The highest BCUT2D eigenvalue weighted by molar-refractivity contribution is 7.89. The summed E-state index contributed by atoms with van der Waals surface area (Å²) < 4.78 is 28.5. The van der Waals surface area contributed by atoms with Crippen LogP contribution in [0.5, 0.6) is 0 Å². The summed E-state index contributed by atoms with van der Waals surface area (Å²) in [7, 11) is -0.374. The van der Waals surface area contributed by atoms with E-state index in [1.165, 1.54) is 21.1 Å². The van der Waals surface area contributed by atoms with Gasteiger partial charge in [0.2, 0.25) is 10.0 Å². The van der Waals surface area contributed by atoms with Crippen LogP contribution in [0.15, 0.2) is 17.2 Å². The molecular formula is C14H23ClN4O3S. The molecule has 3 heterocycles. The summed E-state index contributed by atoms with van der Waals surface area (Å²) in [5, 5.41) is 3.51. The molecule has 2 aliphatic heterocycles. The Kier molecular flexibility index (Phi) is 5.10. The van der Waals surface area contributed by atoms with E-state index in [0.717, 1.165) is 25.7 Å². The van der Waals surface area contributed by atoms with Gasteiger partial charge in [0.15, 0.2) is 0 Å². The van der Waals surface area contributed by atoms with Crippen LogP contribution in [0.1, 0.15) is 36.2 Å². The number of nitrogens with zero attached hydrogens (tertiary/aromatic N) is 2. The maximum Gasteiger partial charge on any atom is 0.265 e. The Bertz CT molecular complexity index is 691. The Morgan fingerprint density at radius 1 is 1.35 bits per heavy atom. The monoisotopic (exact) mass is 362 g/mol. The van der Waals surface area contributed by atoms with Crippen molar-refractivity contribution in [1.29, 1.82) is 0 Å². The fraction of sp³-hybridized carbons (Fsp3) is 0.643. The first-order chi connectivity index (χ1) is 10.3. The van der Waals surface area contributed by atoms with Crippen molar-refractivity contribution in [2.24, 2.45) is 12.8 Å². The fourth-order valence-electron chi connectivity index (χ4n) is 3.61. The van der Waals surface area contributed by atoms with E-state index in [-0.39, 0.29) is 29.0 Å². The third-order valence-corrected chi connectivity index (χ3v) is 6.75. The second kappa shape index (κ2) is 6.43. The van der Waals surface area contributed by atoms with Crippen molar-refractivity contribution in [3.63, 3.8) is 0 Å². The molecule has 2 bridgehead atoms. The zero-order chi connectivity index (χ0) is 16.1. The van der Waals surface area contributed by atoms with E-state index in [0.29, 0.717) is 12.1 Å². The molecule has 1 aromatic heterocycles. The average Bonchev–Trinajstić information content (AvgIpc) is 3.01. The van der Waals surface area contributed by atoms with E-state index < -0.39 is 15.9 Å². The number of nitrogens with one attached hydrogen (secondary N) is 1. The van der Waals surface area contributed by atoms with Gasteiger partial charge in [-0.1, -0.05) is 0 Å². The van der Waals surface area contributed by atoms with Crippen molar-refractivity contribution in [2.75, 3.05) is 7.05 Å². The van der Waals surface area contributed by atoms with E-state index in [1.807, 2.05) is 0 Å². The van der Waals surface area contributed by atoms with Gasteiger partial charge in [0.25, 0.3) is 5.91 Å². The Hall–Kier alpha value is -1.09. The molecule has 1 amide bonds. The quantitative estimate of drug-likeness (QED) is 0.812. The summed E-state index contributed by atoms with van der Waals surface area (Å²) >= 11 is 0. The number of hydrogen-bond acceptors (Lipinski definition) is 4. The van der Waals surface area contributed by atoms with Gasteiger partial charge in [-0.15, -0.1) is 12.4 Å². The number of fused-ring (bicyclic) bond motifs is 2. The first-order valence-corrected chi connectivity index (χ1v) is 8.93. The predicted molar refractivity (Wildman–Crippen MR) is 89.1 cm³/mol. The Labute approximate surface area is 142 Å². The molecule has 7 nitrogen and oxygen atoms in total. The number of halogens is 1. The average molecular weight is 363 g/mol. The molecule has 0 spiro atoms. The Balaban J connectivity index is 0.00000192. The van der Waals surface area contributed by atoms with Crippen molar-refractivity contribution >= 4 is 28.3 Å². The van der Waals surface area contributed by atoms with Crippen molar-refractivity contribution < 1.29 is 13.2 Å². The maximum absolute atomic E-state index is 12.8. The molecule has 0 saturated carbocycles. The van der Waals surface area contributed by atoms with Crippen LogP contribution in [0.3, 0.4) is 0 Å². The topological polar surface area (TPSA) is 97.4 Å². The third kappa shape index (κ3) is 3.26. The smallest absolute Gasteiger partial charge is 0.265 e. The van der Waals surface area contributed by atoms with Crippen LogP contribution in [-0.2, 0) is 17.1 Å². The number of amides is 1. The molecular weight excluding hydrogens is 340 g/mol. The lowest BCUT2D eigenvalue weighted by Gasteiger charge is -2.34. The lowest BCUT2D eigenvalue weighted by atomic mass is 10.0. The first-order valence-electron chi connectivity index (χ1n) is 7.49. The molecule has 2 saturated heterocycles. The highest BCUT2D eigenvalue weighted by Gasteiger charge is 2.39. The van der Waals surface area contributed by atoms with Gasteiger partial charge in [0, 0.05) is 38.4 Å². The number of rotatable bonds is 4. The number of piperidine rings is 1.